The minimum absolute atomic E-state index is 0.920. The molecule has 0 amide bonds. The molecule has 1 aliphatic rings. The van der Waals surface area contributed by atoms with Crippen LogP contribution in [-0.2, 0) is 6.42 Å². The van der Waals surface area contributed by atoms with Gasteiger partial charge < -0.3 is 0 Å². The molecule has 0 fully saturated rings. The number of hydrogen-bond acceptors (Lipinski definition) is 0. The van der Waals surface area contributed by atoms with Crippen molar-refractivity contribution in [3.05, 3.63) is 65.7 Å². The fourth-order valence-corrected chi connectivity index (χ4v) is 4.58. The lowest BCUT2D eigenvalue weighted by molar-refractivity contribution is 0.434. The van der Waals surface area contributed by atoms with Gasteiger partial charge in [-0.05, 0) is 65.8 Å². The number of allylic oxidation sites excluding steroid dienone is 2. The second-order valence-electron chi connectivity index (χ2n) is 8.95. The lowest BCUT2D eigenvalue weighted by Crippen LogP contribution is -2.05. The Balaban J connectivity index is 1.53. The standard InChI is InChI=1S/C29H40/c1-3-5-7-8-9-11-25-14-18-27(19-15-25)29-22-20-28(21-23-29)26-16-12-24(13-17-26)10-6-4-2/h14-16,18-24H,3-13,17H2,1-2H3. The van der Waals surface area contributed by atoms with Crippen molar-refractivity contribution in [2.24, 2.45) is 5.92 Å². The summed E-state index contributed by atoms with van der Waals surface area (Å²) in [4.78, 5) is 0. The first-order valence-corrected chi connectivity index (χ1v) is 12.2. The molecule has 0 spiro atoms. The van der Waals surface area contributed by atoms with E-state index in [1.165, 1.54) is 99.3 Å². The molecule has 1 atom stereocenters. The van der Waals surface area contributed by atoms with Crippen LogP contribution in [0.15, 0.2) is 54.6 Å². The van der Waals surface area contributed by atoms with Gasteiger partial charge in [0.15, 0.2) is 0 Å². The van der Waals surface area contributed by atoms with Gasteiger partial charge in [-0.15, -0.1) is 0 Å². The zero-order valence-corrected chi connectivity index (χ0v) is 18.8. The monoisotopic (exact) mass is 388 g/mol. The van der Waals surface area contributed by atoms with Crippen molar-refractivity contribution < 1.29 is 0 Å². The van der Waals surface area contributed by atoms with Crippen molar-refractivity contribution in [2.45, 2.75) is 90.9 Å². The molecule has 0 saturated carbocycles. The number of unbranched alkanes of at least 4 members (excludes halogenated alkanes) is 5. The maximum atomic E-state index is 2.51. The highest BCUT2D eigenvalue weighted by molar-refractivity contribution is 5.71. The molecule has 156 valence electrons. The first kappa shape index (κ1) is 21.9. The van der Waals surface area contributed by atoms with Crippen molar-refractivity contribution >= 4 is 5.57 Å². The van der Waals surface area contributed by atoms with E-state index in [4.69, 9.17) is 0 Å². The minimum Gasteiger partial charge on any atom is -0.0804 e. The zero-order chi connectivity index (χ0) is 20.3. The summed E-state index contributed by atoms with van der Waals surface area (Å²) in [5.74, 6) is 0.920. The predicted molar refractivity (Wildman–Crippen MR) is 129 cm³/mol. The Morgan fingerprint density at radius 3 is 1.93 bits per heavy atom. The molecule has 0 heterocycles. The van der Waals surface area contributed by atoms with Gasteiger partial charge in [0.25, 0.3) is 0 Å². The SMILES string of the molecule is CCCCCCCc1ccc(-c2ccc(C3=CCC(CCCC)CC3)cc2)cc1. The summed E-state index contributed by atoms with van der Waals surface area (Å²) in [5.41, 5.74) is 7.13. The third-order valence-corrected chi connectivity index (χ3v) is 6.60. The van der Waals surface area contributed by atoms with Gasteiger partial charge in [-0.1, -0.05) is 113 Å². The molecule has 1 aliphatic carbocycles. The summed E-state index contributed by atoms with van der Waals surface area (Å²) >= 11 is 0. The normalized spacial score (nSPS) is 16.6. The van der Waals surface area contributed by atoms with E-state index < -0.39 is 0 Å². The van der Waals surface area contributed by atoms with E-state index >= 15 is 0 Å². The molecule has 1 unspecified atom stereocenters. The van der Waals surface area contributed by atoms with E-state index in [0.29, 0.717) is 0 Å². The van der Waals surface area contributed by atoms with Crippen molar-refractivity contribution in [2.75, 3.05) is 0 Å². The first-order chi connectivity index (χ1) is 14.3. The fourth-order valence-electron chi connectivity index (χ4n) is 4.58. The van der Waals surface area contributed by atoms with Gasteiger partial charge in [0.05, 0.1) is 0 Å². The largest absolute Gasteiger partial charge is 0.0804 e. The van der Waals surface area contributed by atoms with Gasteiger partial charge in [-0.2, -0.15) is 0 Å². The lowest BCUT2D eigenvalue weighted by atomic mass is 9.84. The van der Waals surface area contributed by atoms with Gasteiger partial charge >= 0.3 is 0 Å². The molecule has 0 radical (unpaired) electrons. The van der Waals surface area contributed by atoms with Crippen LogP contribution in [0.5, 0.6) is 0 Å². The Bertz CT molecular complexity index is 733. The van der Waals surface area contributed by atoms with E-state index in [1.807, 2.05) is 0 Å². The van der Waals surface area contributed by atoms with Crippen LogP contribution >= 0.6 is 0 Å². The molecular formula is C29H40. The Morgan fingerprint density at radius 2 is 1.31 bits per heavy atom. The molecule has 3 rings (SSSR count). The molecule has 2 aromatic carbocycles. The number of rotatable bonds is 11. The van der Waals surface area contributed by atoms with Crippen molar-refractivity contribution in [1.29, 1.82) is 0 Å². The van der Waals surface area contributed by atoms with E-state index in [0.717, 1.165) is 5.92 Å². The Labute approximate surface area is 179 Å². The minimum atomic E-state index is 0.920. The quantitative estimate of drug-likeness (QED) is 0.336. The smallest absolute Gasteiger partial charge is 0.0184 e. The summed E-state index contributed by atoms with van der Waals surface area (Å²) in [6.45, 7) is 4.58. The van der Waals surface area contributed by atoms with Crippen LogP contribution in [-0.4, -0.2) is 0 Å². The van der Waals surface area contributed by atoms with Gasteiger partial charge in [-0.25, -0.2) is 0 Å². The number of aryl methyl sites for hydroxylation is 1. The summed E-state index contributed by atoms with van der Waals surface area (Å²) in [6, 6.07) is 18.5. The van der Waals surface area contributed by atoms with E-state index in [1.54, 1.807) is 5.57 Å². The summed E-state index contributed by atoms with van der Waals surface area (Å²) in [5, 5.41) is 0. The van der Waals surface area contributed by atoms with Gasteiger partial charge in [-0.3, -0.25) is 0 Å². The van der Waals surface area contributed by atoms with E-state index in [-0.39, 0.29) is 0 Å². The second kappa shape index (κ2) is 12.0. The average molecular weight is 389 g/mol. The highest BCUT2D eigenvalue weighted by atomic mass is 14.2. The lowest BCUT2D eigenvalue weighted by Gasteiger charge is -2.22. The predicted octanol–water partition coefficient (Wildman–Crippen LogP) is 9.24. The van der Waals surface area contributed by atoms with Crippen molar-refractivity contribution in [3.8, 4) is 11.1 Å². The Hall–Kier alpha value is -1.82. The second-order valence-corrected chi connectivity index (χ2v) is 8.95. The average Bonchev–Trinajstić information content (AvgIpc) is 2.78. The van der Waals surface area contributed by atoms with Crippen molar-refractivity contribution in [3.63, 3.8) is 0 Å². The number of hydrogen-bond donors (Lipinski definition) is 0. The molecule has 0 N–H and O–H groups in total. The van der Waals surface area contributed by atoms with Crippen LogP contribution in [0.4, 0.5) is 0 Å². The van der Waals surface area contributed by atoms with Crippen molar-refractivity contribution in [1.82, 2.24) is 0 Å². The van der Waals surface area contributed by atoms with Gasteiger partial charge in [0.1, 0.15) is 0 Å². The van der Waals surface area contributed by atoms with E-state index in [2.05, 4.69) is 68.5 Å². The molecule has 0 aromatic heterocycles. The van der Waals surface area contributed by atoms with Crippen LogP contribution in [0.1, 0.15) is 95.6 Å². The topological polar surface area (TPSA) is 0 Å². The molecule has 29 heavy (non-hydrogen) atoms. The van der Waals surface area contributed by atoms with Crippen LogP contribution in [0.2, 0.25) is 0 Å². The molecule has 0 aliphatic heterocycles. The maximum Gasteiger partial charge on any atom is -0.0184 e. The third kappa shape index (κ3) is 6.88. The van der Waals surface area contributed by atoms with Crippen LogP contribution in [0.3, 0.4) is 0 Å². The Morgan fingerprint density at radius 1 is 0.690 bits per heavy atom. The molecule has 0 bridgehead atoms. The van der Waals surface area contributed by atoms with Gasteiger partial charge in [0.2, 0.25) is 0 Å². The van der Waals surface area contributed by atoms with Gasteiger partial charge in [0, 0.05) is 0 Å². The zero-order valence-electron chi connectivity index (χ0n) is 18.8. The van der Waals surface area contributed by atoms with Crippen LogP contribution in [0, 0.1) is 5.92 Å². The van der Waals surface area contributed by atoms with Crippen LogP contribution in [0.25, 0.3) is 16.7 Å². The number of benzene rings is 2. The molecule has 0 nitrogen and oxygen atoms in total. The molecule has 0 heteroatoms. The highest BCUT2D eigenvalue weighted by Gasteiger charge is 2.15. The highest BCUT2D eigenvalue weighted by Crippen LogP contribution is 2.33. The summed E-state index contributed by atoms with van der Waals surface area (Å²) in [6.07, 6.45) is 18.5. The third-order valence-electron chi connectivity index (χ3n) is 6.60. The maximum absolute atomic E-state index is 2.51. The first-order valence-electron chi connectivity index (χ1n) is 12.2. The van der Waals surface area contributed by atoms with E-state index in [9.17, 15) is 0 Å². The fraction of sp³-hybridized carbons (Fsp3) is 0.517. The molecular weight excluding hydrogens is 348 g/mol. The molecule has 0 saturated heterocycles. The summed E-state index contributed by atoms with van der Waals surface area (Å²) in [7, 11) is 0. The Kier molecular flexibility index (Phi) is 9.06. The summed E-state index contributed by atoms with van der Waals surface area (Å²) < 4.78 is 0. The van der Waals surface area contributed by atoms with Crippen LogP contribution < -0.4 is 0 Å². The molecule has 2 aromatic rings.